The second-order valence-electron chi connectivity index (χ2n) is 6.29. The van der Waals surface area contributed by atoms with Gasteiger partial charge in [-0.3, -0.25) is 9.59 Å². The van der Waals surface area contributed by atoms with Crippen LogP contribution in [0.4, 0.5) is 5.00 Å². The highest BCUT2D eigenvalue weighted by atomic mass is 32.1. The summed E-state index contributed by atoms with van der Waals surface area (Å²) in [5, 5.41) is 9.58. The number of benzene rings is 2. The van der Waals surface area contributed by atoms with E-state index in [1.165, 1.54) is 11.3 Å². The molecule has 0 aliphatic rings. The van der Waals surface area contributed by atoms with Gasteiger partial charge in [0.15, 0.2) is 5.78 Å². The number of aliphatic carboxylic acids is 1. The molecule has 0 unspecified atom stereocenters. The zero-order chi connectivity index (χ0) is 19.9. The number of carboxylic acid groups (broad SMARTS) is 1. The molecule has 3 rings (SSSR count). The fraction of sp³-hybridized carbons (Fsp3) is 0.136. The largest absolute Gasteiger partial charge is 0.475 e. The molecule has 1 heterocycles. The number of hydrogen-bond donors (Lipinski definition) is 1. The van der Waals surface area contributed by atoms with Crippen LogP contribution < -0.4 is 4.90 Å². The van der Waals surface area contributed by atoms with Crippen LogP contribution in [0.1, 0.15) is 27.2 Å². The van der Waals surface area contributed by atoms with Crippen molar-refractivity contribution in [2.75, 3.05) is 4.90 Å². The molecular weight excluding hydrogens is 374 g/mol. The Hall–Kier alpha value is -3.25. The number of anilines is 1. The van der Waals surface area contributed by atoms with Crippen LogP contribution in [0.5, 0.6) is 0 Å². The van der Waals surface area contributed by atoms with E-state index in [0.29, 0.717) is 18.0 Å². The average molecular weight is 393 g/mol. The van der Waals surface area contributed by atoms with E-state index in [2.05, 4.69) is 4.90 Å². The molecule has 5 nitrogen and oxygen atoms in total. The van der Waals surface area contributed by atoms with Gasteiger partial charge in [0.1, 0.15) is 0 Å². The Balaban J connectivity index is 1.81. The number of hydrogen-bond acceptors (Lipinski definition) is 5. The fourth-order valence-electron chi connectivity index (χ4n) is 2.78. The zero-order valence-corrected chi connectivity index (χ0v) is 15.9. The standard InChI is InChI=1S/C22H19NO4S/c24-18(13-19(25)22(26)27)20-11-12-21(28-20)23(14-16-7-3-1-4-8-16)15-17-9-5-2-6-10-17/h1-12H,13-15H2,(H,26,27). The van der Waals surface area contributed by atoms with Gasteiger partial charge in [0.2, 0.25) is 5.78 Å². The van der Waals surface area contributed by atoms with Crippen molar-refractivity contribution < 1.29 is 19.5 Å². The van der Waals surface area contributed by atoms with Crippen molar-refractivity contribution in [3.8, 4) is 0 Å². The lowest BCUT2D eigenvalue weighted by atomic mass is 10.1. The third-order valence-corrected chi connectivity index (χ3v) is 5.36. The summed E-state index contributed by atoms with van der Waals surface area (Å²) in [5.41, 5.74) is 2.28. The van der Waals surface area contributed by atoms with E-state index in [1.807, 2.05) is 66.7 Å². The van der Waals surface area contributed by atoms with Crippen LogP contribution in [0.3, 0.4) is 0 Å². The molecule has 28 heavy (non-hydrogen) atoms. The molecule has 0 saturated heterocycles. The third kappa shape index (κ3) is 5.14. The van der Waals surface area contributed by atoms with Crippen LogP contribution in [-0.4, -0.2) is 22.6 Å². The summed E-state index contributed by atoms with van der Waals surface area (Å²) in [7, 11) is 0. The van der Waals surface area contributed by atoms with E-state index in [1.54, 1.807) is 6.07 Å². The maximum atomic E-state index is 12.2. The van der Waals surface area contributed by atoms with Crippen LogP contribution in [0.15, 0.2) is 72.8 Å². The summed E-state index contributed by atoms with van der Waals surface area (Å²) < 4.78 is 0. The van der Waals surface area contributed by atoms with Crippen molar-refractivity contribution in [3.63, 3.8) is 0 Å². The minimum atomic E-state index is -1.58. The number of nitrogens with zero attached hydrogens (tertiary/aromatic N) is 1. The van der Waals surface area contributed by atoms with Gasteiger partial charge in [0.25, 0.3) is 0 Å². The third-order valence-electron chi connectivity index (χ3n) is 4.17. The van der Waals surface area contributed by atoms with Crippen molar-refractivity contribution in [3.05, 3.63) is 88.8 Å². The van der Waals surface area contributed by atoms with Gasteiger partial charge < -0.3 is 10.0 Å². The van der Waals surface area contributed by atoms with Crippen LogP contribution in [0, 0.1) is 0 Å². The molecule has 2 aromatic carbocycles. The Labute approximate surface area is 166 Å². The van der Waals surface area contributed by atoms with Gasteiger partial charge in [0.05, 0.1) is 16.3 Å². The molecule has 1 N–H and O–H groups in total. The summed E-state index contributed by atoms with van der Waals surface area (Å²) in [4.78, 5) is 36.8. The summed E-state index contributed by atoms with van der Waals surface area (Å²) in [6, 6.07) is 23.5. The van der Waals surface area contributed by atoms with Crippen molar-refractivity contribution in [1.29, 1.82) is 0 Å². The predicted molar refractivity (Wildman–Crippen MR) is 109 cm³/mol. The molecule has 0 aliphatic carbocycles. The summed E-state index contributed by atoms with van der Waals surface area (Å²) in [6.07, 6.45) is -0.618. The first kappa shape index (κ1) is 19.5. The first-order valence-corrected chi connectivity index (χ1v) is 9.56. The van der Waals surface area contributed by atoms with E-state index >= 15 is 0 Å². The summed E-state index contributed by atoms with van der Waals surface area (Å²) in [6.45, 7) is 1.33. The highest BCUT2D eigenvalue weighted by molar-refractivity contribution is 7.18. The van der Waals surface area contributed by atoms with E-state index in [9.17, 15) is 14.4 Å². The van der Waals surface area contributed by atoms with Gasteiger partial charge >= 0.3 is 5.97 Å². The molecule has 0 bridgehead atoms. The molecule has 0 saturated carbocycles. The summed E-state index contributed by atoms with van der Waals surface area (Å²) >= 11 is 1.27. The van der Waals surface area contributed by atoms with E-state index in [0.717, 1.165) is 16.1 Å². The lowest BCUT2D eigenvalue weighted by Gasteiger charge is -2.23. The van der Waals surface area contributed by atoms with E-state index < -0.39 is 24.0 Å². The van der Waals surface area contributed by atoms with Crippen molar-refractivity contribution in [1.82, 2.24) is 0 Å². The Bertz CT molecular complexity index is 925. The average Bonchev–Trinajstić information content (AvgIpc) is 3.19. The SMILES string of the molecule is O=C(O)C(=O)CC(=O)c1ccc(N(Cc2ccccc2)Cc2ccccc2)s1. The minimum absolute atomic E-state index is 0.385. The van der Waals surface area contributed by atoms with Gasteiger partial charge in [-0.1, -0.05) is 60.7 Å². The molecule has 0 aliphatic heterocycles. The molecule has 0 spiro atoms. The van der Waals surface area contributed by atoms with E-state index in [4.69, 9.17) is 5.11 Å². The Morgan fingerprint density at radius 2 is 1.32 bits per heavy atom. The van der Waals surface area contributed by atoms with Gasteiger partial charge in [-0.15, -0.1) is 11.3 Å². The number of rotatable bonds is 9. The molecular formula is C22H19NO4S. The smallest absolute Gasteiger partial charge is 0.372 e. The topological polar surface area (TPSA) is 74.7 Å². The number of ketones is 2. The Morgan fingerprint density at radius 1 is 0.786 bits per heavy atom. The number of carbonyl (C=O) groups is 3. The molecule has 1 aromatic heterocycles. The lowest BCUT2D eigenvalue weighted by molar-refractivity contribution is -0.148. The Kier molecular flexibility index (Phi) is 6.34. The molecule has 0 radical (unpaired) electrons. The predicted octanol–water partition coefficient (Wildman–Crippen LogP) is 4.18. The van der Waals surface area contributed by atoms with Gasteiger partial charge in [-0.25, -0.2) is 4.79 Å². The first-order chi connectivity index (χ1) is 13.5. The number of carbonyl (C=O) groups excluding carboxylic acids is 2. The lowest BCUT2D eigenvalue weighted by Crippen LogP contribution is -2.21. The minimum Gasteiger partial charge on any atom is -0.475 e. The zero-order valence-electron chi connectivity index (χ0n) is 15.1. The second kappa shape index (κ2) is 9.10. The highest BCUT2D eigenvalue weighted by Crippen LogP contribution is 2.29. The monoisotopic (exact) mass is 393 g/mol. The van der Waals surface area contributed by atoms with E-state index in [-0.39, 0.29) is 0 Å². The maximum Gasteiger partial charge on any atom is 0.372 e. The van der Waals surface area contributed by atoms with Crippen LogP contribution in [-0.2, 0) is 22.7 Å². The van der Waals surface area contributed by atoms with Crippen molar-refractivity contribution in [2.24, 2.45) is 0 Å². The van der Waals surface area contributed by atoms with Gasteiger partial charge in [0, 0.05) is 13.1 Å². The molecule has 0 amide bonds. The second-order valence-corrected chi connectivity index (χ2v) is 7.36. The van der Waals surface area contributed by atoms with Gasteiger partial charge in [-0.05, 0) is 23.3 Å². The quantitative estimate of drug-likeness (QED) is 0.335. The number of carboxylic acids is 1. The maximum absolute atomic E-state index is 12.2. The molecule has 0 fully saturated rings. The van der Waals surface area contributed by atoms with Crippen LogP contribution >= 0.6 is 11.3 Å². The van der Waals surface area contributed by atoms with Crippen LogP contribution in [0.2, 0.25) is 0 Å². The molecule has 6 heteroatoms. The number of thiophene rings is 1. The van der Waals surface area contributed by atoms with Crippen molar-refractivity contribution in [2.45, 2.75) is 19.5 Å². The molecule has 142 valence electrons. The van der Waals surface area contributed by atoms with Crippen LogP contribution in [0.25, 0.3) is 0 Å². The van der Waals surface area contributed by atoms with Gasteiger partial charge in [-0.2, -0.15) is 0 Å². The Morgan fingerprint density at radius 3 is 1.82 bits per heavy atom. The highest BCUT2D eigenvalue weighted by Gasteiger charge is 2.20. The van der Waals surface area contributed by atoms with Crippen molar-refractivity contribution >= 4 is 33.9 Å². The summed E-state index contributed by atoms with van der Waals surface area (Å²) in [5.74, 6) is -3.15. The first-order valence-electron chi connectivity index (χ1n) is 8.75. The molecule has 0 atom stereocenters. The number of Topliss-reactive ketones (excluding diaryl/α,β-unsaturated/α-hetero) is 2. The fourth-order valence-corrected chi connectivity index (χ4v) is 3.72. The molecule has 3 aromatic rings. The normalized spacial score (nSPS) is 10.4.